The van der Waals surface area contributed by atoms with Gasteiger partial charge in [-0.1, -0.05) is 11.6 Å². The molecular formula is C11H15ClN2O2. The highest BCUT2D eigenvalue weighted by molar-refractivity contribution is 6.34. The number of carbonyl (C=O) groups excluding carboxylic acids is 1. The SMILES string of the molecule is Cn1ncc(Cl)c1C(=O)C1(C)CCCCO1. The van der Waals surface area contributed by atoms with Crippen molar-refractivity contribution in [2.45, 2.75) is 31.8 Å². The Morgan fingerprint density at radius 3 is 2.88 bits per heavy atom. The number of carbonyl (C=O) groups is 1. The summed E-state index contributed by atoms with van der Waals surface area (Å²) in [5.41, 5.74) is -0.304. The molecular weight excluding hydrogens is 228 g/mol. The van der Waals surface area contributed by atoms with Crippen LogP contribution in [0.2, 0.25) is 5.02 Å². The fraction of sp³-hybridized carbons (Fsp3) is 0.636. The van der Waals surface area contributed by atoms with Crippen LogP contribution in [0.4, 0.5) is 0 Å². The topological polar surface area (TPSA) is 44.1 Å². The number of halogens is 1. The summed E-state index contributed by atoms with van der Waals surface area (Å²) in [4.78, 5) is 12.4. The molecule has 1 aliphatic rings. The number of ketones is 1. The minimum Gasteiger partial charge on any atom is -0.367 e. The van der Waals surface area contributed by atoms with Crippen LogP contribution in [-0.2, 0) is 11.8 Å². The van der Waals surface area contributed by atoms with Gasteiger partial charge in [0, 0.05) is 13.7 Å². The summed E-state index contributed by atoms with van der Waals surface area (Å²) in [7, 11) is 1.71. The molecule has 5 heteroatoms. The molecule has 0 radical (unpaired) electrons. The summed E-state index contributed by atoms with van der Waals surface area (Å²) in [6.07, 6.45) is 4.26. The van der Waals surface area contributed by atoms with Gasteiger partial charge in [-0.25, -0.2) is 0 Å². The largest absolute Gasteiger partial charge is 0.367 e. The molecule has 1 aliphatic heterocycles. The first-order chi connectivity index (χ1) is 7.54. The average molecular weight is 243 g/mol. The van der Waals surface area contributed by atoms with Gasteiger partial charge >= 0.3 is 0 Å². The highest BCUT2D eigenvalue weighted by Crippen LogP contribution is 2.30. The quantitative estimate of drug-likeness (QED) is 0.747. The van der Waals surface area contributed by atoms with Gasteiger partial charge in [-0.05, 0) is 26.2 Å². The van der Waals surface area contributed by atoms with E-state index in [9.17, 15) is 4.79 Å². The smallest absolute Gasteiger partial charge is 0.213 e. The van der Waals surface area contributed by atoms with Gasteiger partial charge in [-0.2, -0.15) is 5.10 Å². The van der Waals surface area contributed by atoms with Gasteiger partial charge in [0.2, 0.25) is 5.78 Å². The molecule has 0 bridgehead atoms. The van der Waals surface area contributed by atoms with Gasteiger partial charge in [0.1, 0.15) is 11.3 Å². The third-order valence-electron chi connectivity index (χ3n) is 3.06. The molecule has 2 heterocycles. The van der Waals surface area contributed by atoms with E-state index >= 15 is 0 Å². The maximum Gasteiger partial charge on any atom is 0.213 e. The number of Topliss-reactive ketones (excluding diaryl/α,β-unsaturated/α-hetero) is 1. The second-order valence-electron chi connectivity index (χ2n) is 4.33. The van der Waals surface area contributed by atoms with Crippen LogP contribution in [0, 0.1) is 0 Å². The number of aromatic nitrogens is 2. The summed E-state index contributed by atoms with van der Waals surface area (Å²) in [5.74, 6) is -0.0720. The first-order valence-corrected chi connectivity index (χ1v) is 5.79. The van der Waals surface area contributed by atoms with E-state index in [1.165, 1.54) is 10.9 Å². The Morgan fingerprint density at radius 2 is 2.38 bits per heavy atom. The molecule has 1 saturated heterocycles. The van der Waals surface area contributed by atoms with Crippen molar-refractivity contribution in [2.75, 3.05) is 6.61 Å². The van der Waals surface area contributed by atoms with E-state index in [0.29, 0.717) is 17.3 Å². The van der Waals surface area contributed by atoms with Crippen LogP contribution < -0.4 is 0 Å². The standard InChI is InChI=1S/C11H15ClN2O2/c1-11(5-3-4-6-16-11)10(15)9-8(12)7-13-14(9)2/h7H,3-6H2,1-2H3. The van der Waals surface area contributed by atoms with Gasteiger partial charge in [0.25, 0.3) is 0 Å². The summed E-state index contributed by atoms with van der Waals surface area (Å²) in [6, 6.07) is 0. The summed E-state index contributed by atoms with van der Waals surface area (Å²) < 4.78 is 7.12. The Labute approximate surface area is 99.5 Å². The molecule has 0 spiro atoms. The average Bonchev–Trinajstić information content (AvgIpc) is 2.59. The molecule has 0 amide bonds. The summed E-state index contributed by atoms with van der Waals surface area (Å²) >= 11 is 5.96. The van der Waals surface area contributed by atoms with Crippen molar-refractivity contribution in [3.63, 3.8) is 0 Å². The van der Waals surface area contributed by atoms with E-state index in [4.69, 9.17) is 16.3 Å². The zero-order valence-corrected chi connectivity index (χ0v) is 10.3. The van der Waals surface area contributed by atoms with Crippen molar-refractivity contribution >= 4 is 17.4 Å². The predicted molar refractivity (Wildman–Crippen MR) is 60.8 cm³/mol. The van der Waals surface area contributed by atoms with Crippen LogP contribution in [-0.4, -0.2) is 27.8 Å². The summed E-state index contributed by atoms with van der Waals surface area (Å²) in [5, 5.41) is 4.36. The highest BCUT2D eigenvalue weighted by atomic mass is 35.5. The lowest BCUT2D eigenvalue weighted by molar-refractivity contribution is -0.0431. The molecule has 1 unspecified atom stereocenters. The Hall–Kier alpha value is -0.870. The lowest BCUT2D eigenvalue weighted by Gasteiger charge is -2.32. The molecule has 1 atom stereocenters. The minimum atomic E-state index is -0.740. The van der Waals surface area contributed by atoms with Crippen LogP contribution in [0.1, 0.15) is 36.7 Å². The second-order valence-corrected chi connectivity index (χ2v) is 4.74. The van der Waals surface area contributed by atoms with Crippen LogP contribution >= 0.6 is 11.6 Å². The molecule has 0 aliphatic carbocycles. The highest BCUT2D eigenvalue weighted by Gasteiger charge is 2.39. The molecule has 4 nitrogen and oxygen atoms in total. The van der Waals surface area contributed by atoms with Crippen molar-refractivity contribution in [2.24, 2.45) is 7.05 Å². The number of hydrogen-bond donors (Lipinski definition) is 0. The van der Waals surface area contributed by atoms with Crippen molar-refractivity contribution in [1.29, 1.82) is 0 Å². The molecule has 0 aromatic carbocycles. The van der Waals surface area contributed by atoms with Crippen molar-refractivity contribution in [3.8, 4) is 0 Å². The van der Waals surface area contributed by atoms with Crippen LogP contribution in [0.15, 0.2) is 6.20 Å². The number of nitrogens with zero attached hydrogens (tertiary/aromatic N) is 2. The maximum atomic E-state index is 12.4. The van der Waals surface area contributed by atoms with Crippen LogP contribution in [0.5, 0.6) is 0 Å². The lowest BCUT2D eigenvalue weighted by Crippen LogP contribution is -2.42. The third-order valence-corrected chi connectivity index (χ3v) is 3.33. The van der Waals surface area contributed by atoms with E-state index in [2.05, 4.69) is 5.10 Å². The number of hydrogen-bond acceptors (Lipinski definition) is 3. The first-order valence-electron chi connectivity index (χ1n) is 5.41. The van der Waals surface area contributed by atoms with Gasteiger partial charge < -0.3 is 4.74 Å². The van der Waals surface area contributed by atoms with E-state index in [-0.39, 0.29) is 5.78 Å². The van der Waals surface area contributed by atoms with E-state index in [1.807, 2.05) is 6.92 Å². The number of rotatable bonds is 2. The first kappa shape index (κ1) is 11.6. The van der Waals surface area contributed by atoms with Gasteiger partial charge in [0.05, 0.1) is 11.2 Å². The third kappa shape index (κ3) is 1.87. The maximum absolute atomic E-state index is 12.4. The molecule has 1 fully saturated rings. The molecule has 0 N–H and O–H groups in total. The number of aryl methyl sites for hydroxylation is 1. The zero-order chi connectivity index (χ0) is 11.8. The van der Waals surface area contributed by atoms with E-state index in [1.54, 1.807) is 7.05 Å². The van der Waals surface area contributed by atoms with Gasteiger partial charge in [-0.15, -0.1) is 0 Å². The Morgan fingerprint density at radius 1 is 1.62 bits per heavy atom. The predicted octanol–water partition coefficient (Wildman–Crippen LogP) is 2.22. The molecule has 2 rings (SSSR count). The molecule has 88 valence electrons. The number of ether oxygens (including phenoxy) is 1. The Bertz CT molecular complexity index is 389. The molecule has 16 heavy (non-hydrogen) atoms. The fourth-order valence-corrected chi connectivity index (χ4v) is 2.28. The molecule has 1 aromatic heterocycles. The van der Waals surface area contributed by atoms with E-state index < -0.39 is 5.60 Å². The van der Waals surface area contributed by atoms with Crippen molar-refractivity contribution < 1.29 is 9.53 Å². The van der Waals surface area contributed by atoms with Gasteiger partial charge in [-0.3, -0.25) is 9.48 Å². The zero-order valence-electron chi connectivity index (χ0n) is 9.49. The minimum absolute atomic E-state index is 0.0720. The van der Waals surface area contributed by atoms with Crippen molar-refractivity contribution in [3.05, 3.63) is 16.9 Å². The Balaban J connectivity index is 2.31. The van der Waals surface area contributed by atoms with Crippen LogP contribution in [0.25, 0.3) is 0 Å². The Kier molecular flexibility index (Phi) is 3.04. The van der Waals surface area contributed by atoms with Crippen LogP contribution in [0.3, 0.4) is 0 Å². The molecule has 1 aromatic rings. The second kappa shape index (κ2) is 4.18. The fourth-order valence-electron chi connectivity index (χ4n) is 2.03. The molecule has 0 saturated carbocycles. The summed E-state index contributed by atoms with van der Waals surface area (Å²) in [6.45, 7) is 2.47. The lowest BCUT2D eigenvalue weighted by atomic mass is 9.90. The normalized spacial score (nSPS) is 25.7. The van der Waals surface area contributed by atoms with Crippen molar-refractivity contribution in [1.82, 2.24) is 9.78 Å². The van der Waals surface area contributed by atoms with E-state index in [0.717, 1.165) is 19.3 Å². The monoisotopic (exact) mass is 242 g/mol. The van der Waals surface area contributed by atoms with Gasteiger partial charge in [0.15, 0.2) is 0 Å².